The lowest BCUT2D eigenvalue weighted by Crippen LogP contribution is -2.15. The molecule has 0 atom stereocenters. The van der Waals surface area contributed by atoms with E-state index in [0.29, 0.717) is 0 Å². The van der Waals surface area contributed by atoms with Crippen LogP contribution < -0.4 is 6.15 Å². The van der Waals surface area contributed by atoms with Crippen molar-refractivity contribution < 1.29 is 13.0 Å². The van der Waals surface area contributed by atoms with Crippen molar-refractivity contribution >= 4 is 10.1 Å². The number of quaternary nitrogens is 1. The van der Waals surface area contributed by atoms with Gasteiger partial charge in [-0.15, -0.1) is 0 Å². The Bertz CT molecular complexity index is 633. The molecule has 0 aliphatic rings. The summed E-state index contributed by atoms with van der Waals surface area (Å²) < 4.78 is 34.0. The number of rotatable bonds is 12. The van der Waals surface area contributed by atoms with Crippen molar-refractivity contribution in [3.8, 4) is 0 Å². The molecule has 0 saturated heterocycles. The Morgan fingerprint density at radius 3 is 1.78 bits per heavy atom. The van der Waals surface area contributed by atoms with Crippen molar-refractivity contribution in [3.63, 3.8) is 0 Å². The second-order valence-electron chi connectivity index (χ2n) is 8.46. The molecule has 5 heteroatoms. The van der Waals surface area contributed by atoms with Crippen LogP contribution in [0.2, 0.25) is 0 Å². The monoisotopic (exact) mass is 399 g/mol. The lowest BCUT2D eigenvalue weighted by Gasteiger charge is -2.24. The van der Waals surface area contributed by atoms with Crippen molar-refractivity contribution in [1.82, 2.24) is 6.15 Å². The summed E-state index contributed by atoms with van der Waals surface area (Å²) in [6.07, 6.45) is 13.6. The van der Waals surface area contributed by atoms with E-state index >= 15 is 0 Å². The van der Waals surface area contributed by atoms with Gasteiger partial charge in [0.05, 0.1) is 4.90 Å². The first-order valence-electron chi connectivity index (χ1n) is 10.3. The molecule has 1 aromatic carbocycles. The summed E-state index contributed by atoms with van der Waals surface area (Å²) in [5.41, 5.74) is 2.09. The predicted octanol–water partition coefficient (Wildman–Crippen LogP) is 6.73. The zero-order chi connectivity index (χ0) is 19.6. The van der Waals surface area contributed by atoms with E-state index in [2.05, 4.69) is 27.7 Å². The molecular formula is C22H41NO3S. The first-order valence-corrected chi connectivity index (χ1v) is 11.7. The molecule has 0 aromatic heterocycles. The fourth-order valence-corrected chi connectivity index (χ4v) is 3.99. The van der Waals surface area contributed by atoms with Gasteiger partial charge < -0.3 is 10.7 Å². The highest BCUT2D eigenvalue weighted by Crippen LogP contribution is 2.29. The van der Waals surface area contributed by atoms with Gasteiger partial charge in [0.2, 0.25) is 0 Å². The molecule has 158 valence electrons. The van der Waals surface area contributed by atoms with Crippen molar-refractivity contribution in [1.29, 1.82) is 0 Å². The molecule has 0 amide bonds. The van der Waals surface area contributed by atoms with Gasteiger partial charge in [-0.2, -0.15) is 0 Å². The number of hydrogen-bond acceptors (Lipinski definition) is 3. The van der Waals surface area contributed by atoms with Crippen LogP contribution in [0.4, 0.5) is 0 Å². The Balaban J connectivity index is 0.00000676. The highest BCUT2D eigenvalue weighted by atomic mass is 32.2. The number of benzene rings is 1. The van der Waals surface area contributed by atoms with Crippen molar-refractivity contribution in [2.75, 3.05) is 0 Å². The maximum Gasteiger partial charge on any atom is 0.124 e. The van der Waals surface area contributed by atoms with Gasteiger partial charge in [-0.05, 0) is 41.5 Å². The van der Waals surface area contributed by atoms with Gasteiger partial charge in [-0.1, -0.05) is 91.5 Å². The van der Waals surface area contributed by atoms with Crippen LogP contribution in [0.25, 0.3) is 0 Å². The Labute approximate surface area is 167 Å². The lowest BCUT2D eigenvalue weighted by atomic mass is 9.82. The molecule has 0 unspecified atom stereocenters. The largest absolute Gasteiger partial charge is 0.744 e. The van der Waals surface area contributed by atoms with E-state index in [1.165, 1.54) is 57.4 Å². The van der Waals surface area contributed by atoms with Gasteiger partial charge in [0.15, 0.2) is 0 Å². The summed E-state index contributed by atoms with van der Waals surface area (Å²) >= 11 is 0. The maximum absolute atomic E-state index is 11.3. The first kappa shape index (κ1) is 26.1. The van der Waals surface area contributed by atoms with Crippen LogP contribution in [0.1, 0.15) is 103 Å². The summed E-state index contributed by atoms with van der Waals surface area (Å²) in [5, 5.41) is 0. The van der Waals surface area contributed by atoms with Crippen LogP contribution in [0, 0.1) is 0 Å². The first-order chi connectivity index (χ1) is 12.2. The third kappa shape index (κ3) is 10.3. The fourth-order valence-electron chi connectivity index (χ4n) is 3.47. The molecule has 0 fully saturated rings. The summed E-state index contributed by atoms with van der Waals surface area (Å²) in [5.74, 6) is 0. The number of unbranched alkanes of at least 4 members (excludes halogenated alkanes) is 9. The summed E-state index contributed by atoms with van der Waals surface area (Å²) in [6, 6.07) is 4.86. The smallest absolute Gasteiger partial charge is 0.124 e. The zero-order valence-corrected chi connectivity index (χ0v) is 19.0. The highest BCUT2D eigenvalue weighted by molar-refractivity contribution is 7.85. The van der Waals surface area contributed by atoms with Crippen LogP contribution in [0.3, 0.4) is 0 Å². The Kier molecular flexibility index (Phi) is 12.1. The van der Waals surface area contributed by atoms with Gasteiger partial charge in [0.25, 0.3) is 0 Å². The summed E-state index contributed by atoms with van der Waals surface area (Å²) in [4.78, 5) is -0.104. The molecule has 1 rings (SSSR count). The highest BCUT2D eigenvalue weighted by Gasteiger charge is 2.18. The molecule has 0 heterocycles. The minimum Gasteiger partial charge on any atom is -0.744 e. The summed E-state index contributed by atoms with van der Waals surface area (Å²) in [7, 11) is -4.39. The average molecular weight is 400 g/mol. The third-order valence-corrected chi connectivity index (χ3v) is 5.80. The van der Waals surface area contributed by atoms with E-state index in [9.17, 15) is 13.0 Å². The number of aryl methyl sites for hydroxylation is 1. The van der Waals surface area contributed by atoms with E-state index in [4.69, 9.17) is 0 Å². The standard InChI is InChI=1S/C22H38O3S.H3N/c1-5-6-7-8-9-10-11-12-13-14-15-19-18-20(26(23,24)25)16-17-21(19)22(2,3)4;/h16-18H,5-15H2,1-4H3,(H,23,24,25);1H3. The van der Waals surface area contributed by atoms with Crippen LogP contribution in [0.5, 0.6) is 0 Å². The average Bonchev–Trinajstić information content (AvgIpc) is 2.54. The molecular weight excluding hydrogens is 358 g/mol. The Morgan fingerprint density at radius 2 is 1.33 bits per heavy atom. The molecule has 0 radical (unpaired) electrons. The minimum absolute atomic E-state index is 0. The molecule has 27 heavy (non-hydrogen) atoms. The normalized spacial score (nSPS) is 12.0. The van der Waals surface area contributed by atoms with Crippen LogP contribution in [0.15, 0.2) is 23.1 Å². The van der Waals surface area contributed by atoms with Gasteiger partial charge in [0.1, 0.15) is 10.1 Å². The Morgan fingerprint density at radius 1 is 0.852 bits per heavy atom. The van der Waals surface area contributed by atoms with Crippen LogP contribution in [-0.4, -0.2) is 13.0 Å². The van der Waals surface area contributed by atoms with Gasteiger partial charge in [0, 0.05) is 0 Å². The van der Waals surface area contributed by atoms with Gasteiger partial charge >= 0.3 is 0 Å². The van der Waals surface area contributed by atoms with E-state index in [1.54, 1.807) is 6.07 Å². The zero-order valence-electron chi connectivity index (χ0n) is 18.1. The van der Waals surface area contributed by atoms with E-state index in [1.807, 2.05) is 6.07 Å². The topological polar surface area (TPSA) is 93.7 Å². The molecule has 0 bridgehead atoms. The lowest BCUT2D eigenvalue weighted by molar-refractivity contribution is 0.462. The molecule has 0 saturated carbocycles. The van der Waals surface area contributed by atoms with Gasteiger partial charge in [-0.25, -0.2) is 8.42 Å². The molecule has 0 aliphatic carbocycles. The Hall–Kier alpha value is -0.910. The minimum atomic E-state index is -4.39. The van der Waals surface area contributed by atoms with Crippen LogP contribution >= 0.6 is 0 Å². The number of hydrogen-bond donors (Lipinski definition) is 1. The predicted molar refractivity (Wildman–Crippen MR) is 115 cm³/mol. The third-order valence-electron chi connectivity index (χ3n) is 4.97. The van der Waals surface area contributed by atoms with E-state index < -0.39 is 10.1 Å². The molecule has 1 aromatic rings. The molecule has 4 nitrogen and oxygen atoms in total. The van der Waals surface area contributed by atoms with E-state index in [-0.39, 0.29) is 16.5 Å². The SMILES string of the molecule is CCCCCCCCCCCCc1cc(S(=O)(=O)[O-])ccc1C(C)(C)C.[NH4+]. The fraction of sp³-hybridized carbons (Fsp3) is 0.727. The van der Waals surface area contributed by atoms with E-state index in [0.717, 1.165) is 30.4 Å². The van der Waals surface area contributed by atoms with Crippen LogP contribution in [-0.2, 0) is 22.0 Å². The van der Waals surface area contributed by atoms with Crippen molar-refractivity contribution in [3.05, 3.63) is 29.3 Å². The second kappa shape index (κ2) is 12.5. The molecule has 0 aliphatic heterocycles. The molecule has 0 spiro atoms. The summed E-state index contributed by atoms with van der Waals surface area (Å²) in [6.45, 7) is 8.61. The maximum atomic E-state index is 11.3. The second-order valence-corrected chi connectivity index (χ2v) is 9.83. The van der Waals surface area contributed by atoms with Gasteiger partial charge in [-0.3, -0.25) is 0 Å². The molecule has 4 N–H and O–H groups in total. The quantitative estimate of drug-likeness (QED) is 0.312. The van der Waals surface area contributed by atoms with Crippen molar-refractivity contribution in [2.45, 2.75) is 109 Å². The van der Waals surface area contributed by atoms with Crippen molar-refractivity contribution in [2.24, 2.45) is 0 Å².